The van der Waals surface area contributed by atoms with Gasteiger partial charge in [0.1, 0.15) is 11.3 Å². The summed E-state index contributed by atoms with van der Waals surface area (Å²) in [6.07, 6.45) is 3.37. The molecule has 0 unspecified atom stereocenters. The maximum atomic E-state index is 12.7. The number of fused-ring (bicyclic) bond motifs is 1. The average molecular weight is 284 g/mol. The lowest BCUT2D eigenvalue weighted by Gasteiger charge is -2.16. The lowest BCUT2D eigenvalue weighted by Crippen LogP contribution is -2.27. The maximum absolute atomic E-state index is 12.7. The van der Waals surface area contributed by atoms with Crippen molar-refractivity contribution in [1.29, 1.82) is 0 Å². The lowest BCUT2D eigenvalue weighted by molar-refractivity contribution is 0.590. The number of aromatic nitrogens is 5. The van der Waals surface area contributed by atoms with Gasteiger partial charge in [0.05, 0.1) is 5.69 Å². The predicted molar refractivity (Wildman–Crippen MR) is 80.5 cm³/mol. The molecule has 0 atom stereocenters. The van der Waals surface area contributed by atoms with Crippen LogP contribution in [-0.2, 0) is 0 Å². The normalized spacial score (nSPS) is 11.4. The monoisotopic (exact) mass is 284 g/mol. The zero-order valence-corrected chi connectivity index (χ0v) is 12.1. The van der Waals surface area contributed by atoms with Gasteiger partial charge in [-0.1, -0.05) is 0 Å². The predicted octanol–water partition coefficient (Wildman–Crippen LogP) is 1.45. The number of aryl methyl sites for hydroxylation is 1. The highest BCUT2D eigenvalue weighted by molar-refractivity contribution is 5.80. The van der Waals surface area contributed by atoms with E-state index in [0.717, 1.165) is 11.1 Å². The Kier molecular flexibility index (Phi) is 2.97. The Morgan fingerprint density at radius 1 is 1.29 bits per heavy atom. The Balaban J connectivity index is 2.49. The number of nitrogens with zero attached hydrogens (tertiary/aromatic N) is 5. The van der Waals surface area contributed by atoms with E-state index in [1.165, 1.54) is 0 Å². The molecule has 0 aliphatic rings. The van der Waals surface area contributed by atoms with Crippen LogP contribution in [0.15, 0.2) is 29.3 Å². The Labute approximate surface area is 121 Å². The van der Waals surface area contributed by atoms with E-state index in [2.05, 4.69) is 15.1 Å². The van der Waals surface area contributed by atoms with Crippen LogP contribution in [0.5, 0.6) is 0 Å². The molecule has 3 heterocycles. The number of hydrogen-bond donors (Lipinski definition) is 1. The van der Waals surface area contributed by atoms with Crippen LogP contribution in [0.25, 0.3) is 16.7 Å². The van der Waals surface area contributed by atoms with E-state index in [9.17, 15) is 4.79 Å². The first-order valence-electron chi connectivity index (χ1n) is 6.68. The summed E-state index contributed by atoms with van der Waals surface area (Å²) in [6, 6.07) is 3.48. The van der Waals surface area contributed by atoms with Crippen molar-refractivity contribution in [3.05, 3.63) is 40.6 Å². The average Bonchev–Trinajstić information content (AvgIpc) is 2.91. The summed E-state index contributed by atoms with van der Waals surface area (Å²) in [5.74, 6) is 0.167. The molecule has 0 spiro atoms. The first-order chi connectivity index (χ1) is 9.99. The van der Waals surface area contributed by atoms with Crippen molar-refractivity contribution < 1.29 is 0 Å². The molecule has 0 fully saturated rings. The van der Waals surface area contributed by atoms with Gasteiger partial charge >= 0.3 is 0 Å². The molecule has 2 N–H and O–H groups in total. The van der Waals surface area contributed by atoms with Crippen molar-refractivity contribution in [3.63, 3.8) is 0 Å². The molecule has 0 saturated heterocycles. The van der Waals surface area contributed by atoms with E-state index in [4.69, 9.17) is 5.73 Å². The van der Waals surface area contributed by atoms with Gasteiger partial charge in [-0.2, -0.15) is 10.1 Å². The van der Waals surface area contributed by atoms with Gasteiger partial charge in [0, 0.05) is 23.8 Å². The zero-order valence-electron chi connectivity index (χ0n) is 12.1. The summed E-state index contributed by atoms with van der Waals surface area (Å²) in [7, 11) is 0. The Hall–Kier alpha value is -2.70. The third-order valence-electron chi connectivity index (χ3n) is 3.35. The molecule has 0 aromatic carbocycles. The Morgan fingerprint density at radius 3 is 2.67 bits per heavy atom. The smallest absolute Gasteiger partial charge is 0.278 e. The van der Waals surface area contributed by atoms with Crippen molar-refractivity contribution in [2.75, 3.05) is 5.73 Å². The van der Waals surface area contributed by atoms with E-state index in [-0.39, 0.29) is 17.5 Å². The summed E-state index contributed by atoms with van der Waals surface area (Å²) in [5, 5.41) is 4.93. The molecule has 0 radical (unpaired) electrons. The second-order valence-electron chi connectivity index (χ2n) is 5.15. The topological polar surface area (TPSA) is 91.6 Å². The highest BCUT2D eigenvalue weighted by atomic mass is 16.1. The SMILES string of the molecule is Cc1nc(N)nc2c1cc(-n1cccn1)c(=O)n2C(C)C. The summed E-state index contributed by atoms with van der Waals surface area (Å²) >= 11 is 0. The van der Waals surface area contributed by atoms with Gasteiger partial charge in [-0.3, -0.25) is 9.36 Å². The molecule has 0 bridgehead atoms. The standard InChI is InChI=1S/C14H16N6O/c1-8(2)20-12-10(9(3)17-14(15)18-12)7-11(13(20)21)19-6-4-5-16-19/h4-8H,1-3H3,(H2,15,17,18). The van der Waals surface area contributed by atoms with Crippen LogP contribution in [0.1, 0.15) is 25.6 Å². The largest absolute Gasteiger partial charge is 0.368 e. The van der Waals surface area contributed by atoms with Gasteiger partial charge in [0.2, 0.25) is 5.95 Å². The molecule has 108 valence electrons. The van der Waals surface area contributed by atoms with Gasteiger partial charge in [0.15, 0.2) is 0 Å². The fraction of sp³-hybridized carbons (Fsp3) is 0.286. The summed E-state index contributed by atoms with van der Waals surface area (Å²) < 4.78 is 3.17. The number of hydrogen-bond acceptors (Lipinski definition) is 5. The van der Waals surface area contributed by atoms with Crippen LogP contribution >= 0.6 is 0 Å². The summed E-state index contributed by atoms with van der Waals surface area (Å²) in [4.78, 5) is 21.2. The Bertz CT molecular complexity index is 863. The molecule has 7 heteroatoms. The van der Waals surface area contributed by atoms with Crippen LogP contribution in [0.3, 0.4) is 0 Å². The van der Waals surface area contributed by atoms with Crippen LogP contribution < -0.4 is 11.3 Å². The number of nitrogen functional groups attached to an aromatic ring is 1. The molecule has 21 heavy (non-hydrogen) atoms. The van der Waals surface area contributed by atoms with Crippen LogP contribution in [0.2, 0.25) is 0 Å². The Morgan fingerprint density at radius 2 is 2.05 bits per heavy atom. The lowest BCUT2D eigenvalue weighted by atomic mass is 10.2. The fourth-order valence-electron chi connectivity index (χ4n) is 2.41. The molecule has 0 aliphatic carbocycles. The van der Waals surface area contributed by atoms with Gasteiger partial charge in [-0.25, -0.2) is 9.67 Å². The molecule has 0 aliphatic heterocycles. The van der Waals surface area contributed by atoms with E-state index < -0.39 is 0 Å². The summed E-state index contributed by atoms with van der Waals surface area (Å²) in [6.45, 7) is 5.71. The van der Waals surface area contributed by atoms with Crippen LogP contribution in [0, 0.1) is 6.92 Å². The molecular formula is C14H16N6O. The summed E-state index contributed by atoms with van der Waals surface area (Å²) in [5.41, 5.74) is 7.33. The molecule has 7 nitrogen and oxygen atoms in total. The van der Waals surface area contributed by atoms with Gasteiger partial charge in [-0.05, 0) is 32.9 Å². The second-order valence-corrected chi connectivity index (χ2v) is 5.15. The number of rotatable bonds is 2. The van der Waals surface area contributed by atoms with Crippen molar-refractivity contribution in [2.24, 2.45) is 0 Å². The quantitative estimate of drug-likeness (QED) is 0.769. The molecule has 0 saturated carbocycles. The van der Waals surface area contributed by atoms with Crippen molar-refractivity contribution in [1.82, 2.24) is 24.3 Å². The van der Waals surface area contributed by atoms with E-state index >= 15 is 0 Å². The molecule has 3 aromatic rings. The van der Waals surface area contributed by atoms with E-state index in [1.807, 2.05) is 20.8 Å². The maximum Gasteiger partial charge on any atom is 0.278 e. The minimum absolute atomic E-state index is 0.0517. The third-order valence-corrected chi connectivity index (χ3v) is 3.35. The highest BCUT2D eigenvalue weighted by Crippen LogP contribution is 2.20. The van der Waals surface area contributed by atoms with Crippen molar-refractivity contribution in [3.8, 4) is 5.69 Å². The first-order valence-corrected chi connectivity index (χ1v) is 6.68. The van der Waals surface area contributed by atoms with Gasteiger partial charge in [0.25, 0.3) is 5.56 Å². The number of pyridine rings is 1. The van der Waals surface area contributed by atoms with E-state index in [1.54, 1.807) is 33.8 Å². The first kappa shape index (κ1) is 13.3. The highest BCUT2D eigenvalue weighted by Gasteiger charge is 2.16. The molecular weight excluding hydrogens is 268 g/mol. The zero-order chi connectivity index (χ0) is 15.1. The molecule has 0 amide bonds. The fourth-order valence-corrected chi connectivity index (χ4v) is 2.41. The minimum Gasteiger partial charge on any atom is -0.368 e. The number of nitrogens with two attached hydrogens (primary N) is 1. The van der Waals surface area contributed by atoms with Crippen molar-refractivity contribution >= 4 is 17.0 Å². The van der Waals surface area contributed by atoms with Crippen molar-refractivity contribution in [2.45, 2.75) is 26.8 Å². The van der Waals surface area contributed by atoms with Gasteiger partial charge < -0.3 is 5.73 Å². The van der Waals surface area contributed by atoms with Crippen LogP contribution in [0.4, 0.5) is 5.95 Å². The molecule has 3 aromatic heterocycles. The molecule has 3 rings (SSSR count). The van der Waals surface area contributed by atoms with Crippen LogP contribution in [-0.4, -0.2) is 24.3 Å². The van der Waals surface area contributed by atoms with Gasteiger partial charge in [-0.15, -0.1) is 0 Å². The second kappa shape index (κ2) is 4.69. The number of anilines is 1. The third kappa shape index (κ3) is 2.06. The van der Waals surface area contributed by atoms with E-state index in [0.29, 0.717) is 11.3 Å². The minimum atomic E-state index is -0.154.